The number of rotatable bonds is 3. The number of anilines is 1. The second-order valence-electron chi connectivity index (χ2n) is 4.72. The number of aromatic nitrogens is 2. The number of nitrogens with two attached hydrogens (primary N) is 1. The maximum Gasteiger partial charge on any atom is 0.131 e. The molecule has 1 heterocycles. The van der Waals surface area contributed by atoms with Crippen LogP contribution in [-0.2, 0) is 6.42 Å². The van der Waals surface area contributed by atoms with E-state index in [2.05, 4.69) is 39.6 Å². The van der Waals surface area contributed by atoms with Gasteiger partial charge in [-0.2, -0.15) is 0 Å². The summed E-state index contributed by atoms with van der Waals surface area (Å²) in [5.74, 6) is 1.92. The molecule has 94 valence electrons. The monoisotopic (exact) mass is 305 g/mol. The smallest absolute Gasteiger partial charge is 0.131 e. The van der Waals surface area contributed by atoms with Gasteiger partial charge < -0.3 is 10.3 Å². The Morgan fingerprint density at radius 3 is 2.56 bits per heavy atom. The van der Waals surface area contributed by atoms with E-state index in [0.29, 0.717) is 6.04 Å². The molecule has 3 nitrogen and oxygen atoms in total. The Labute approximate surface area is 115 Å². The largest absolute Gasteiger partial charge is 0.383 e. The molecule has 0 atom stereocenters. The van der Waals surface area contributed by atoms with E-state index in [0.717, 1.165) is 33.8 Å². The molecule has 1 saturated carbocycles. The van der Waals surface area contributed by atoms with Gasteiger partial charge in [-0.3, -0.25) is 0 Å². The molecule has 1 aromatic carbocycles. The van der Waals surface area contributed by atoms with Gasteiger partial charge in [-0.25, -0.2) is 4.98 Å². The molecular weight excluding hydrogens is 290 g/mol. The Morgan fingerprint density at radius 1 is 1.33 bits per heavy atom. The van der Waals surface area contributed by atoms with Crippen molar-refractivity contribution in [3.05, 3.63) is 34.6 Å². The molecule has 0 unspecified atom stereocenters. The Kier molecular flexibility index (Phi) is 2.90. The number of halogens is 1. The lowest BCUT2D eigenvalue weighted by Gasteiger charge is -2.06. The number of hydrogen-bond donors (Lipinski definition) is 1. The van der Waals surface area contributed by atoms with Crippen molar-refractivity contribution >= 4 is 21.7 Å². The Hall–Kier alpha value is -1.29. The third-order valence-electron chi connectivity index (χ3n) is 3.37. The zero-order valence-corrected chi connectivity index (χ0v) is 11.9. The summed E-state index contributed by atoms with van der Waals surface area (Å²) < 4.78 is 3.29. The molecule has 0 bridgehead atoms. The summed E-state index contributed by atoms with van der Waals surface area (Å²) in [4.78, 5) is 4.71. The van der Waals surface area contributed by atoms with Crippen molar-refractivity contribution in [3.8, 4) is 11.3 Å². The molecule has 2 N–H and O–H groups in total. The fourth-order valence-electron chi connectivity index (χ4n) is 2.30. The van der Waals surface area contributed by atoms with E-state index in [-0.39, 0.29) is 0 Å². The molecule has 0 radical (unpaired) electrons. The van der Waals surface area contributed by atoms with Gasteiger partial charge in [0.1, 0.15) is 17.3 Å². The second-order valence-corrected chi connectivity index (χ2v) is 5.64. The summed E-state index contributed by atoms with van der Waals surface area (Å²) in [6.45, 7) is 2.13. The first kappa shape index (κ1) is 11.8. The van der Waals surface area contributed by atoms with Crippen LogP contribution in [0, 0.1) is 0 Å². The maximum atomic E-state index is 6.28. The van der Waals surface area contributed by atoms with E-state index in [1.54, 1.807) is 0 Å². The van der Waals surface area contributed by atoms with Gasteiger partial charge in [-0.1, -0.05) is 35.0 Å². The molecule has 2 aromatic rings. The highest BCUT2D eigenvalue weighted by Crippen LogP contribution is 2.41. The highest BCUT2D eigenvalue weighted by atomic mass is 79.9. The quantitative estimate of drug-likeness (QED) is 0.937. The van der Waals surface area contributed by atoms with Crippen molar-refractivity contribution in [1.29, 1.82) is 0 Å². The Bertz CT molecular complexity index is 567. The van der Waals surface area contributed by atoms with Crippen LogP contribution in [0.25, 0.3) is 11.3 Å². The van der Waals surface area contributed by atoms with Gasteiger partial charge in [0, 0.05) is 22.5 Å². The lowest BCUT2D eigenvalue weighted by atomic mass is 10.1. The van der Waals surface area contributed by atoms with Crippen molar-refractivity contribution in [1.82, 2.24) is 9.55 Å². The van der Waals surface area contributed by atoms with Crippen LogP contribution in [0.4, 0.5) is 5.82 Å². The molecular formula is C14H16BrN3. The van der Waals surface area contributed by atoms with Crippen LogP contribution in [0.2, 0.25) is 0 Å². The first-order valence-corrected chi connectivity index (χ1v) is 7.12. The number of nitrogen functional groups attached to an aromatic ring is 1. The summed E-state index contributed by atoms with van der Waals surface area (Å²) >= 11 is 3.45. The average Bonchev–Trinajstić information content (AvgIpc) is 3.15. The number of benzene rings is 1. The average molecular weight is 306 g/mol. The zero-order valence-electron chi connectivity index (χ0n) is 10.4. The van der Waals surface area contributed by atoms with Crippen LogP contribution in [0.15, 0.2) is 28.7 Å². The molecule has 3 rings (SSSR count). The van der Waals surface area contributed by atoms with Crippen molar-refractivity contribution in [2.24, 2.45) is 0 Å². The summed E-state index contributed by atoms with van der Waals surface area (Å²) in [5.41, 5.74) is 8.29. The van der Waals surface area contributed by atoms with E-state index in [1.807, 2.05) is 12.1 Å². The Morgan fingerprint density at radius 2 is 2.00 bits per heavy atom. The fourth-order valence-corrected chi connectivity index (χ4v) is 2.57. The number of hydrogen-bond acceptors (Lipinski definition) is 2. The van der Waals surface area contributed by atoms with Crippen LogP contribution in [0.1, 0.15) is 31.6 Å². The van der Waals surface area contributed by atoms with Crippen molar-refractivity contribution in [2.45, 2.75) is 32.2 Å². The summed E-state index contributed by atoms with van der Waals surface area (Å²) in [5, 5.41) is 0. The molecule has 1 aliphatic rings. The predicted molar refractivity (Wildman–Crippen MR) is 77.4 cm³/mol. The molecule has 18 heavy (non-hydrogen) atoms. The lowest BCUT2D eigenvalue weighted by molar-refractivity contribution is 0.696. The minimum atomic E-state index is 0.580. The van der Waals surface area contributed by atoms with E-state index in [1.165, 1.54) is 12.8 Å². The molecule has 4 heteroatoms. The molecule has 0 aliphatic heterocycles. The predicted octanol–water partition coefficient (Wildman–Crippen LogP) is 3.79. The van der Waals surface area contributed by atoms with Gasteiger partial charge in [0.05, 0.1) is 0 Å². The molecule has 0 spiro atoms. The van der Waals surface area contributed by atoms with Crippen LogP contribution in [-0.4, -0.2) is 9.55 Å². The van der Waals surface area contributed by atoms with Crippen molar-refractivity contribution in [3.63, 3.8) is 0 Å². The normalized spacial score (nSPS) is 15.0. The number of aryl methyl sites for hydroxylation is 1. The Balaban J connectivity index is 2.09. The zero-order chi connectivity index (χ0) is 12.7. The van der Waals surface area contributed by atoms with Gasteiger partial charge in [-0.05, 0) is 25.0 Å². The molecule has 1 fully saturated rings. The van der Waals surface area contributed by atoms with Crippen LogP contribution in [0.3, 0.4) is 0 Å². The van der Waals surface area contributed by atoms with Gasteiger partial charge in [0.15, 0.2) is 0 Å². The van der Waals surface area contributed by atoms with E-state index in [4.69, 9.17) is 10.7 Å². The molecule has 1 aromatic heterocycles. The van der Waals surface area contributed by atoms with Crippen LogP contribution in [0.5, 0.6) is 0 Å². The standard InChI is InChI=1S/C14H16BrN3/c1-2-12-17-13(9-3-5-10(15)6-4-9)14(16)18(12)11-7-8-11/h3-6,11H,2,7-8,16H2,1H3. The first-order chi connectivity index (χ1) is 8.70. The van der Waals surface area contributed by atoms with Gasteiger partial charge in [0.25, 0.3) is 0 Å². The summed E-state index contributed by atoms with van der Waals surface area (Å²) in [7, 11) is 0. The number of nitrogens with zero attached hydrogens (tertiary/aromatic N) is 2. The van der Waals surface area contributed by atoms with Crippen LogP contribution >= 0.6 is 15.9 Å². The first-order valence-electron chi connectivity index (χ1n) is 6.33. The summed E-state index contributed by atoms with van der Waals surface area (Å²) in [6.07, 6.45) is 3.39. The van der Waals surface area contributed by atoms with Gasteiger partial charge >= 0.3 is 0 Å². The second kappa shape index (κ2) is 4.43. The van der Waals surface area contributed by atoms with Gasteiger partial charge in [0.2, 0.25) is 0 Å². The topological polar surface area (TPSA) is 43.8 Å². The fraction of sp³-hybridized carbons (Fsp3) is 0.357. The van der Waals surface area contributed by atoms with E-state index < -0.39 is 0 Å². The number of imidazole rings is 1. The molecule has 0 amide bonds. The van der Waals surface area contributed by atoms with Crippen LogP contribution < -0.4 is 5.73 Å². The van der Waals surface area contributed by atoms with E-state index in [9.17, 15) is 0 Å². The molecule has 1 aliphatic carbocycles. The van der Waals surface area contributed by atoms with Crippen molar-refractivity contribution in [2.75, 3.05) is 5.73 Å². The third kappa shape index (κ3) is 1.94. The maximum absolute atomic E-state index is 6.28. The minimum Gasteiger partial charge on any atom is -0.383 e. The highest BCUT2D eigenvalue weighted by Gasteiger charge is 2.29. The minimum absolute atomic E-state index is 0.580. The van der Waals surface area contributed by atoms with E-state index >= 15 is 0 Å². The lowest BCUT2D eigenvalue weighted by Crippen LogP contribution is -2.04. The SMILES string of the molecule is CCc1nc(-c2ccc(Br)cc2)c(N)n1C1CC1. The summed E-state index contributed by atoms with van der Waals surface area (Å²) in [6, 6.07) is 8.74. The molecule has 0 saturated heterocycles. The van der Waals surface area contributed by atoms with Crippen molar-refractivity contribution < 1.29 is 0 Å². The van der Waals surface area contributed by atoms with Gasteiger partial charge in [-0.15, -0.1) is 0 Å². The highest BCUT2D eigenvalue weighted by molar-refractivity contribution is 9.10. The third-order valence-corrected chi connectivity index (χ3v) is 3.90.